The molecule has 4 heteroatoms. The van der Waals surface area contributed by atoms with Gasteiger partial charge in [-0.3, -0.25) is 4.79 Å². The predicted octanol–water partition coefficient (Wildman–Crippen LogP) is 8.78. The Morgan fingerprint density at radius 1 is 0.841 bits per heavy atom. The van der Waals surface area contributed by atoms with Gasteiger partial charge in [0.25, 0.3) is 0 Å². The first kappa shape index (κ1) is 37.1. The zero-order chi connectivity index (χ0) is 33.1. The van der Waals surface area contributed by atoms with Gasteiger partial charge in [-0.25, -0.2) is 0 Å². The van der Waals surface area contributed by atoms with Crippen LogP contribution in [0.1, 0.15) is 88.0 Å². The van der Waals surface area contributed by atoms with Crippen molar-refractivity contribution < 1.29 is 20.1 Å². The van der Waals surface area contributed by atoms with Gasteiger partial charge in [-0.1, -0.05) is 140 Å². The maximum atomic E-state index is 13.0. The number of hydrogen-bond acceptors (Lipinski definition) is 4. The molecule has 0 spiro atoms. The van der Waals surface area contributed by atoms with Gasteiger partial charge in [0.2, 0.25) is 0 Å². The third kappa shape index (κ3) is 11.8. The normalized spacial score (nSPS) is 25.6. The summed E-state index contributed by atoms with van der Waals surface area (Å²) in [6.45, 7) is 18.5. The van der Waals surface area contributed by atoms with Crippen LogP contribution in [0.5, 0.6) is 0 Å². The molecule has 0 saturated heterocycles. The number of allylic oxidation sites excluding steroid dienone is 17. The minimum atomic E-state index is -0.363. The van der Waals surface area contributed by atoms with Crippen molar-refractivity contribution in [2.45, 2.75) is 100 Å². The molecule has 0 fully saturated rings. The largest absolute Gasteiger partial charge is 0.393 e. The van der Waals surface area contributed by atoms with Crippen molar-refractivity contribution in [3.05, 3.63) is 118 Å². The van der Waals surface area contributed by atoms with E-state index in [9.17, 15) is 20.1 Å². The first-order chi connectivity index (χ1) is 20.6. The molecule has 44 heavy (non-hydrogen) atoms. The van der Waals surface area contributed by atoms with Crippen molar-refractivity contribution in [2.75, 3.05) is 6.61 Å². The van der Waals surface area contributed by atoms with E-state index in [0.29, 0.717) is 24.3 Å². The van der Waals surface area contributed by atoms with Crippen LogP contribution in [-0.2, 0) is 4.79 Å². The minimum Gasteiger partial charge on any atom is -0.393 e. The molecular weight excluding hydrogens is 544 g/mol. The van der Waals surface area contributed by atoms with Crippen LogP contribution >= 0.6 is 0 Å². The first-order valence-corrected chi connectivity index (χ1v) is 15.9. The summed E-state index contributed by atoms with van der Waals surface area (Å²) in [7, 11) is 0. The van der Waals surface area contributed by atoms with E-state index in [-0.39, 0.29) is 41.8 Å². The molecule has 0 aromatic carbocycles. The molecule has 2 aliphatic carbocycles. The molecule has 0 aliphatic heterocycles. The standard InChI is InChI=1S/C40H56O4/c1-28(16-12-17-30(3)20-21-36-31(4)22-34(42)25-39(36,6)7)14-10-11-15-29(2)18-13-19-33(27-41)38(44)24-37-32(5)23-35(43)26-40(37,8)9/h10-22,34-36,41-43H,23-27H2,1-9H3/b11-10+,16-12+,18-13+,21-20+,28-14+,29-15+,30-17+,33-19+/t34-,35+,36?/m0/s1. The van der Waals surface area contributed by atoms with Crippen molar-refractivity contribution in [1.29, 1.82) is 0 Å². The smallest absolute Gasteiger partial charge is 0.165 e. The van der Waals surface area contributed by atoms with Crippen molar-refractivity contribution in [1.82, 2.24) is 0 Å². The number of carbonyl (C=O) groups is 1. The molecule has 2 aliphatic rings. The quantitative estimate of drug-likeness (QED) is 0.119. The second kappa shape index (κ2) is 16.9. The minimum absolute atomic E-state index is 0.0349. The van der Waals surface area contributed by atoms with E-state index in [2.05, 4.69) is 84.9 Å². The van der Waals surface area contributed by atoms with Crippen molar-refractivity contribution >= 4 is 5.78 Å². The van der Waals surface area contributed by atoms with Gasteiger partial charge in [0.1, 0.15) is 0 Å². The SMILES string of the molecule is CC1=C[C@H](O)CC(C)(C)C1/C=C/C(C)=C/C=C/C(C)=C/C=C/C=C(C)/C=C/C=C(\CO)C(=O)CC1=C(C)C[C@@H](O)CC1(C)C. The van der Waals surface area contributed by atoms with Crippen LogP contribution in [0.2, 0.25) is 0 Å². The van der Waals surface area contributed by atoms with Gasteiger partial charge in [0.05, 0.1) is 18.8 Å². The number of rotatable bonds is 12. The van der Waals surface area contributed by atoms with E-state index in [4.69, 9.17) is 0 Å². The average Bonchev–Trinajstić information content (AvgIpc) is 2.89. The summed E-state index contributed by atoms with van der Waals surface area (Å²) >= 11 is 0. The highest BCUT2D eigenvalue weighted by molar-refractivity contribution is 5.97. The topological polar surface area (TPSA) is 77.8 Å². The predicted molar refractivity (Wildman–Crippen MR) is 186 cm³/mol. The summed E-state index contributed by atoms with van der Waals surface area (Å²) in [6, 6.07) is 0. The first-order valence-electron chi connectivity index (χ1n) is 15.9. The number of hydrogen-bond donors (Lipinski definition) is 3. The zero-order valence-electron chi connectivity index (χ0n) is 28.5. The molecule has 3 atom stereocenters. The Morgan fingerprint density at radius 3 is 1.93 bits per heavy atom. The maximum Gasteiger partial charge on any atom is 0.165 e. The Labute approximate surface area is 267 Å². The van der Waals surface area contributed by atoms with Crippen LogP contribution in [0.15, 0.2) is 118 Å². The van der Waals surface area contributed by atoms with Gasteiger partial charge in [-0.05, 0) is 64.7 Å². The lowest BCUT2D eigenvalue weighted by molar-refractivity contribution is -0.115. The number of aliphatic hydroxyl groups is 3. The summed E-state index contributed by atoms with van der Waals surface area (Å²) in [5.41, 5.74) is 6.91. The van der Waals surface area contributed by atoms with E-state index in [1.807, 2.05) is 50.3 Å². The van der Waals surface area contributed by atoms with Crippen LogP contribution in [0.4, 0.5) is 0 Å². The van der Waals surface area contributed by atoms with E-state index in [1.54, 1.807) is 6.08 Å². The summed E-state index contributed by atoms with van der Waals surface area (Å²) in [5.74, 6) is 0.248. The maximum absolute atomic E-state index is 13.0. The molecule has 0 saturated carbocycles. The Bertz CT molecular complexity index is 1330. The lowest BCUT2D eigenvalue weighted by Gasteiger charge is -2.38. The third-order valence-corrected chi connectivity index (χ3v) is 8.76. The lowest BCUT2D eigenvalue weighted by Crippen LogP contribution is -2.32. The fraction of sp³-hybridized carbons (Fsp3) is 0.475. The zero-order valence-corrected chi connectivity index (χ0v) is 28.5. The number of carbonyl (C=O) groups excluding carboxylic acids is 1. The van der Waals surface area contributed by atoms with Crippen molar-refractivity contribution in [3.63, 3.8) is 0 Å². The van der Waals surface area contributed by atoms with Gasteiger partial charge < -0.3 is 15.3 Å². The van der Waals surface area contributed by atoms with E-state index < -0.39 is 0 Å². The molecule has 0 radical (unpaired) electrons. The van der Waals surface area contributed by atoms with Crippen molar-refractivity contribution in [3.8, 4) is 0 Å². The van der Waals surface area contributed by atoms with Crippen molar-refractivity contribution in [2.24, 2.45) is 16.7 Å². The molecule has 1 unspecified atom stereocenters. The lowest BCUT2D eigenvalue weighted by atomic mass is 9.67. The summed E-state index contributed by atoms with van der Waals surface area (Å²) < 4.78 is 0. The Kier molecular flexibility index (Phi) is 14.2. The fourth-order valence-electron chi connectivity index (χ4n) is 6.39. The fourth-order valence-corrected chi connectivity index (χ4v) is 6.39. The van der Waals surface area contributed by atoms with E-state index in [0.717, 1.165) is 28.7 Å². The molecule has 0 bridgehead atoms. The molecule has 4 nitrogen and oxygen atoms in total. The van der Waals surface area contributed by atoms with Crippen LogP contribution in [0, 0.1) is 16.7 Å². The van der Waals surface area contributed by atoms with Gasteiger partial charge in [0, 0.05) is 17.9 Å². The Hall–Kier alpha value is -3.05. The van der Waals surface area contributed by atoms with Crippen LogP contribution < -0.4 is 0 Å². The van der Waals surface area contributed by atoms with Gasteiger partial charge in [0.15, 0.2) is 5.78 Å². The van der Waals surface area contributed by atoms with Crippen LogP contribution in [0.3, 0.4) is 0 Å². The van der Waals surface area contributed by atoms with E-state index >= 15 is 0 Å². The third-order valence-electron chi connectivity index (χ3n) is 8.76. The molecule has 0 heterocycles. The molecule has 0 amide bonds. The van der Waals surface area contributed by atoms with Gasteiger partial charge in [-0.2, -0.15) is 0 Å². The van der Waals surface area contributed by atoms with Gasteiger partial charge in [-0.15, -0.1) is 0 Å². The van der Waals surface area contributed by atoms with E-state index in [1.165, 1.54) is 11.1 Å². The second-order valence-corrected chi connectivity index (χ2v) is 14.0. The Balaban J connectivity index is 1.94. The average molecular weight is 601 g/mol. The Morgan fingerprint density at radius 2 is 1.39 bits per heavy atom. The van der Waals surface area contributed by atoms with Gasteiger partial charge >= 0.3 is 0 Å². The molecule has 2 rings (SSSR count). The molecular formula is C40H56O4. The number of ketones is 1. The highest BCUT2D eigenvalue weighted by atomic mass is 16.3. The molecule has 240 valence electrons. The molecule has 0 aromatic heterocycles. The summed E-state index contributed by atoms with van der Waals surface area (Å²) in [4.78, 5) is 13.0. The van der Waals surface area contributed by atoms with Crippen LogP contribution in [-0.4, -0.2) is 39.9 Å². The highest BCUT2D eigenvalue weighted by Crippen LogP contribution is 2.43. The molecule has 0 aromatic rings. The van der Waals surface area contributed by atoms with Crippen LogP contribution in [0.25, 0.3) is 0 Å². The second-order valence-electron chi connectivity index (χ2n) is 14.0. The monoisotopic (exact) mass is 600 g/mol. The number of Topliss-reactive ketones (excluding diaryl/α,β-unsaturated/α-hetero) is 1. The number of aliphatic hydroxyl groups excluding tert-OH is 3. The summed E-state index contributed by atoms with van der Waals surface area (Å²) in [6.07, 6.45) is 27.7. The molecule has 3 N–H and O–H groups in total. The highest BCUT2D eigenvalue weighted by Gasteiger charge is 2.35. The summed E-state index contributed by atoms with van der Waals surface area (Å²) in [5, 5.41) is 30.0.